The van der Waals surface area contributed by atoms with Crippen LogP contribution >= 0.6 is 0 Å². The first-order valence-electron chi connectivity index (χ1n) is 7.58. The quantitative estimate of drug-likeness (QED) is 0.735. The van der Waals surface area contributed by atoms with Gasteiger partial charge in [-0.05, 0) is 30.2 Å². The molecule has 0 aliphatic rings. The molecule has 1 atom stereocenters. The van der Waals surface area contributed by atoms with Gasteiger partial charge in [0, 0.05) is 6.54 Å². The number of carbonyl (C=O) groups excluding carboxylic acids is 1. The van der Waals surface area contributed by atoms with Gasteiger partial charge >= 0.3 is 6.03 Å². The fourth-order valence-corrected chi connectivity index (χ4v) is 1.95. The highest BCUT2D eigenvalue weighted by Gasteiger charge is 2.05. The van der Waals surface area contributed by atoms with E-state index >= 15 is 0 Å². The van der Waals surface area contributed by atoms with E-state index in [0.29, 0.717) is 13.2 Å². The molecule has 0 aromatic heterocycles. The molecule has 5 nitrogen and oxygen atoms in total. The fraction of sp³-hybridized carbons (Fsp3) is 0.278. The Morgan fingerprint density at radius 3 is 2.43 bits per heavy atom. The molecule has 5 heteroatoms. The van der Waals surface area contributed by atoms with Gasteiger partial charge in [-0.15, -0.1) is 0 Å². The normalized spacial score (nSPS) is 11.6. The van der Waals surface area contributed by atoms with Gasteiger partial charge in [-0.1, -0.05) is 42.5 Å². The standard InChI is InChI=1S/C18H22N2O3/c1-14(12-21)20-18(22)19-11-15-7-9-17(10-8-15)23-13-16-5-3-2-4-6-16/h2-10,14,21H,11-13H2,1H3,(H2,19,20,22). The van der Waals surface area contributed by atoms with Crippen LogP contribution in [0.5, 0.6) is 5.75 Å². The number of carbonyl (C=O) groups is 1. The molecule has 0 spiro atoms. The highest BCUT2D eigenvalue weighted by atomic mass is 16.5. The molecule has 0 bridgehead atoms. The summed E-state index contributed by atoms with van der Waals surface area (Å²) < 4.78 is 5.71. The van der Waals surface area contributed by atoms with Crippen molar-refractivity contribution in [1.29, 1.82) is 0 Å². The highest BCUT2D eigenvalue weighted by Crippen LogP contribution is 2.14. The van der Waals surface area contributed by atoms with Gasteiger partial charge in [0.15, 0.2) is 0 Å². The SMILES string of the molecule is CC(CO)NC(=O)NCc1ccc(OCc2ccccc2)cc1. The van der Waals surface area contributed by atoms with Crippen molar-refractivity contribution in [3.8, 4) is 5.75 Å². The number of aliphatic hydroxyl groups is 1. The van der Waals surface area contributed by atoms with E-state index < -0.39 is 0 Å². The monoisotopic (exact) mass is 314 g/mol. The molecule has 0 saturated carbocycles. The lowest BCUT2D eigenvalue weighted by Crippen LogP contribution is -2.41. The van der Waals surface area contributed by atoms with Crippen molar-refractivity contribution < 1.29 is 14.6 Å². The van der Waals surface area contributed by atoms with E-state index in [-0.39, 0.29) is 18.7 Å². The predicted molar refractivity (Wildman–Crippen MR) is 89.1 cm³/mol. The van der Waals surface area contributed by atoms with Crippen LogP contribution in [0.4, 0.5) is 4.79 Å². The van der Waals surface area contributed by atoms with Crippen LogP contribution in [0, 0.1) is 0 Å². The summed E-state index contributed by atoms with van der Waals surface area (Å²) in [5, 5.41) is 14.2. The zero-order valence-corrected chi connectivity index (χ0v) is 13.2. The van der Waals surface area contributed by atoms with Crippen LogP contribution in [0.2, 0.25) is 0 Å². The van der Waals surface area contributed by atoms with E-state index in [1.54, 1.807) is 6.92 Å². The van der Waals surface area contributed by atoms with E-state index in [0.717, 1.165) is 16.9 Å². The molecule has 3 N–H and O–H groups in total. The molecule has 23 heavy (non-hydrogen) atoms. The fourth-order valence-electron chi connectivity index (χ4n) is 1.95. The molecular weight excluding hydrogens is 292 g/mol. The molecule has 2 amide bonds. The first kappa shape index (κ1) is 16.8. The van der Waals surface area contributed by atoms with E-state index in [4.69, 9.17) is 9.84 Å². The molecule has 0 saturated heterocycles. The Balaban J connectivity index is 1.77. The first-order valence-corrected chi connectivity index (χ1v) is 7.58. The van der Waals surface area contributed by atoms with Crippen LogP contribution in [0.15, 0.2) is 54.6 Å². The van der Waals surface area contributed by atoms with Gasteiger partial charge in [0.2, 0.25) is 0 Å². The zero-order chi connectivity index (χ0) is 16.5. The van der Waals surface area contributed by atoms with Crippen LogP contribution in [0.25, 0.3) is 0 Å². The summed E-state index contributed by atoms with van der Waals surface area (Å²) in [7, 11) is 0. The molecule has 0 heterocycles. The lowest BCUT2D eigenvalue weighted by atomic mass is 10.2. The molecule has 0 fully saturated rings. The molecule has 0 radical (unpaired) electrons. The van der Waals surface area contributed by atoms with Gasteiger partial charge in [-0.2, -0.15) is 0 Å². The van der Waals surface area contributed by atoms with Crippen molar-refractivity contribution in [3.05, 3.63) is 65.7 Å². The molecule has 2 rings (SSSR count). The third-order valence-electron chi connectivity index (χ3n) is 3.28. The van der Waals surface area contributed by atoms with E-state index in [2.05, 4.69) is 10.6 Å². The summed E-state index contributed by atoms with van der Waals surface area (Å²) >= 11 is 0. The van der Waals surface area contributed by atoms with Crippen LogP contribution < -0.4 is 15.4 Å². The minimum Gasteiger partial charge on any atom is -0.489 e. The molecular formula is C18H22N2O3. The van der Waals surface area contributed by atoms with E-state index in [1.807, 2.05) is 54.6 Å². The topological polar surface area (TPSA) is 70.6 Å². The van der Waals surface area contributed by atoms with Gasteiger partial charge in [-0.3, -0.25) is 0 Å². The average Bonchev–Trinajstić information content (AvgIpc) is 2.60. The van der Waals surface area contributed by atoms with Gasteiger partial charge in [0.1, 0.15) is 12.4 Å². The molecule has 122 valence electrons. The average molecular weight is 314 g/mol. The van der Waals surface area contributed by atoms with Crippen molar-refractivity contribution in [2.24, 2.45) is 0 Å². The Kier molecular flexibility index (Phi) is 6.44. The molecule has 2 aromatic rings. The maximum atomic E-state index is 11.6. The predicted octanol–water partition coefficient (Wildman–Crippen LogP) is 2.45. The van der Waals surface area contributed by atoms with Crippen LogP contribution in [-0.2, 0) is 13.2 Å². The van der Waals surface area contributed by atoms with Crippen LogP contribution in [0.3, 0.4) is 0 Å². The first-order chi connectivity index (χ1) is 11.2. The summed E-state index contributed by atoms with van der Waals surface area (Å²) in [4.78, 5) is 11.6. The number of hydrogen-bond acceptors (Lipinski definition) is 3. The number of ether oxygens (including phenoxy) is 1. The van der Waals surface area contributed by atoms with Gasteiger partial charge in [0.25, 0.3) is 0 Å². The minimum absolute atomic E-state index is 0.0825. The molecule has 2 aromatic carbocycles. The second kappa shape index (κ2) is 8.80. The number of benzene rings is 2. The molecule has 1 unspecified atom stereocenters. The summed E-state index contributed by atoms with van der Waals surface area (Å²) in [6.07, 6.45) is 0. The summed E-state index contributed by atoms with van der Waals surface area (Å²) in [5.41, 5.74) is 2.09. The summed E-state index contributed by atoms with van der Waals surface area (Å²) in [6.45, 7) is 2.60. The van der Waals surface area contributed by atoms with Gasteiger partial charge < -0.3 is 20.5 Å². The van der Waals surface area contributed by atoms with E-state index in [9.17, 15) is 4.79 Å². The summed E-state index contributed by atoms with van der Waals surface area (Å²) in [5.74, 6) is 0.788. The maximum Gasteiger partial charge on any atom is 0.315 e. The Bertz CT molecular complexity index is 599. The number of nitrogens with one attached hydrogen (secondary N) is 2. The second-order valence-electron chi connectivity index (χ2n) is 5.33. The zero-order valence-electron chi connectivity index (χ0n) is 13.2. The Morgan fingerprint density at radius 2 is 1.78 bits per heavy atom. The van der Waals surface area contributed by atoms with Crippen molar-refractivity contribution in [3.63, 3.8) is 0 Å². The molecule has 0 aliphatic heterocycles. The minimum atomic E-state index is -0.295. The highest BCUT2D eigenvalue weighted by molar-refractivity contribution is 5.74. The van der Waals surface area contributed by atoms with Gasteiger partial charge in [0.05, 0.1) is 12.6 Å². The maximum absolute atomic E-state index is 11.6. The van der Waals surface area contributed by atoms with Crippen molar-refractivity contribution in [1.82, 2.24) is 10.6 Å². The number of aliphatic hydroxyl groups excluding tert-OH is 1. The van der Waals surface area contributed by atoms with Crippen molar-refractivity contribution in [2.45, 2.75) is 26.1 Å². The number of urea groups is 1. The largest absolute Gasteiger partial charge is 0.489 e. The third kappa shape index (κ3) is 6.00. The summed E-state index contributed by atoms with van der Waals surface area (Å²) in [6, 6.07) is 17.0. The van der Waals surface area contributed by atoms with Crippen molar-refractivity contribution in [2.75, 3.05) is 6.61 Å². The smallest absolute Gasteiger partial charge is 0.315 e. The number of rotatable bonds is 7. The second-order valence-corrected chi connectivity index (χ2v) is 5.33. The Labute approximate surface area is 136 Å². The lowest BCUT2D eigenvalue weighted by molar-refractivity contribution is 0.220. The van der Waals surface area contributed by atoms with Crippen LogP contribution in [-0.4, -0.2) is 23.8 Å². The third-order valence-corrected chi connectivity index (χ3v) is 3.28. The molecule has 0 aliphatic carbocycles. The lowest BCUT2D eigenvalue weighted by Gasteiger charge is -2.12. The number of amides is 2. The Hall–Kier alpha value is -2.53. The Morgan fingerprint density at radius 1 is 1.09 bits per heavy atom. The van der Waals surface area contributed by atoms with Crippen molar-refractivity contribution >= 4 is 6.03 Å². The number of hydrogen-bond donors (Lipinski definition) is 3. The van der Waals surface area contributed by atoms with Gasteiger partial charge in [-0.25, -0.2) is 4.79 Å². The van der Waals surface area contributed by atoms with Crippen LogP contribution in [0.1, 0.15) is 18.1 Å². The van der Waals surface area contributed by atoms with E-state index in [1.165, 1.54) is 0 Å².